The summed E-state index contributed by atoms with van der Waals surface area (Å²) in [4.78, 5) is 12.1. The van der Waals surface area contributed by atoms with Crippen molar-refractivity contribution in [2.75, 3.05) is 11.5 Å². The number of aryl methyl sites for hydroxylation is 2. The Kier molecular flexibility index (Phi) is 6.67. The number of benzene rings is 4. The number of hydrogen-bond acceptors (Lipinski definition) is 4. The van der Waals surface area contributed by atoms with Crippen molar-refractivity contribution in [2.45, 2.75) is 105 Å². The molecule has 0 spiro atoms. The fourth-order valence-electron chi connectivity index (χ4n) is 7.95. The quantitative estimate of drug-likeness (QED) is 0.185. The Labute approximate surface area is 313 Å². The molecule has 0 fully saturated rings. The Morgan fingerprint density at radius 2 is 1.40 bits per heavy atom. The van der Waals surface area contributed by atoms with Gasteiger partial charge in [0, 0.05) is 37.7 Å². The van der Waals surface area contributed by atoms with Crippen LogP contribution in [0.3, 0.4) is 0 Å². The molecule has 2 aliphatic rings. The maximum atomic E-state index is 8.21. The Hall–Kier alpha value is -4.90. The number of nitrogens with zero attached hydrogens (tertiary/aromatic N) is 4. The summed E-state index contributed by atoms with van der Waals surface area (Å²) >= 11 is 0. The van der Waals surface area contributed by atoms with Gasteiger partial charge in [-0.25, -0.2) is 9.98 Å². The highest BCUT2D eigenvalue weighted by Crippen LogP contribution is 2.54. The van der Waals surface area contributed by atoms with Crippen molar-refractivity contribution < 1.29 is 8.85 Å². The molecule has 266 valence electrons. The Bertz CT molecular complexity index is 2580. The number of ether oxygens (including phenoxy) is 1. The minimum absolute atomic E-state index is 0.00319. The zero-order chi connectivity index (χ0) is 39.6. The molecule has 1 atom stereocenters. The molecule has 5 heteroatoms. The van der Waals surface area contributed by atoms with Crippen LogP contribution < -0.4 is 4.90 Å². The third-order valence-corrected chi connectivity index (χ3v) is 11.0. The second kappa shape index (κ2) is 11.3. The van der Waals surface area contributed by atoms with E-state index < -0.39 is 12.4 Å². The van der Waals surface area contributed by atoms with E-state index in [0.717, 1.165) is 45.0 Å². The van der Waals surface area contributed by atoms with Crippen LogP contribution in [0, 0.1) is 13.8 Å². The number of hydrogen-bond donors (Lipinski definition) is 0. The van der Waals surface area contributed by atoms with Gasteiger partial charge in [0.05, 0.1) is 27.9 Å². The fourth-order valence-corrected chi connectivity index (χ4v) is 7.95. The van der Waals surface area contributed by atoms with Crippen molar-refractivity contribution in [3.8, 4) is 5.82 Å². The van der Waals surface area contributed by atoms with E-state index in [4.69, 9.17) is 18.8 Å². The van der Waals surface area contributed by atoms with Gasteiger partial charge in [-0.05, 0) is 121 Å². The normalized spacial score (nSPS) is 19.5. The molecule has 0 saturated carbocycles. The fraction of sp³-hybridized carbons (Fsp3) is 0.362. The molecule has 8 rings (SSSR count). The van der Waals surface area contributed by atoms with Gasteiger partial charge in [0.2, 0.25) is 5.90 Å². The van der Waals surface area contributed by atoms with Crippen LogP contribution in [-0.4, -0.2) is 27.6 Å². The van der Waals surface area contributed by atoms with Crippen molar-refractivity contribution in [1.82, 2.24) is 9.55 Å². The number of anilines is 3. The largest absolute Gasteiger partial charge is 0.475 e. The second-order valence-corrected chi connectivity index (χ2v) is 17.9. The van der Waals surface area contributed by atoms with Crippen LogP contribution in [0.5, 0.6) is 0 Å². The highest BCUT2D eigenvalue weighted by Gasteiger charge is 2.39. The van der Waals surface area contributed by atoms with Crippen molar-refractivity contribution >= 4 is 44.8 Å². The monoisotopic (exact) mass is 691 g/mol. The van der Waals surface area contributed by atoms with E-state index in [1.165, 1.54) is 38.6 Å². The van der Waals surface area contributed by atoms with Crippen LogP contribution in [-0.2, 0) is 21.0 Å². The molecule has 0 unspecified atom stereocenters. The predicted molar refractivity (Wildman–Crippen MR) is 219 cm³/mol. The summed E-state index contributed by atoms with van der Waals surface area (Å²) in [5.74, 6) is 1.25. The first-order valence-corrected chi connectivity index (χ1v) is 18.4. The zero-order valence-corrected chi connectivity index (χ0v) is 32.5. The van der Waals surface area contributed by atoms with Gasteiger partial charge in [-0.1, -0.05) is 84.7 Å². The molecule has 4 aromatic carbocycles. The van der Waals surface area contributed by atoms with Crippen molar-refractivity contribution in [3.63, 3.8) is 0 Å². The van der Waals surface area contributed by atoms with Crippen LogP contribution >= 0.6 is 0 Å². The summed E-state index contributed by atoms with van der Waals surface area (Å²) in [6.07, 6.45) is 1.93. The molecule has 4 heterocycles. The summed E-state index contributed by atoms with van der Waals surface area (Å²) in [6, 6.07) is 29.1. The van der Waals surface area contributed by atoms with Crippen LogP contribution in [0.2, 0.25) is 0 Å². The summed E-state index contributed by atoms with van der Waals surface area (Å²) in [6.45, 7) is 21.7. The average molecular weight is 692 g/mol. The summed E-state index contributed by atoms with van der Waals surface area (Å²) < 4.78 is 33.1. The Morgan fingerprint density at radius 1 is 0.712 bits per heavy atom. The number of pyridine rings is 1. The van der Waals surface area contributed by atoms with Crippen LogP contribution in [0.4, 0.5) is 17.1 Å². The highest BCUT2D eigenvalue weighted by molar-refractivity contribution is 6.11. The molecule has 5 nitrogen and oxygen atoms in total. The molecule has 0 bridgehead atoms. The molecular formula is C47H52N4O. The van der Waals surface area contributed by atoms with Gasteiger partial charge in [0.1, 0.15) is 12.4 Å². The SMILES string of the molecule is [2H]C([2H])([2H])[C@]1(C)COC(c2cc(N3c4ccc(C)cc4C(C)(C)c4cc5c6cc(C)ccc6n(-c6cc(C(C)(C)C)ccn6)c5cc43)cc(C(C)(C)C)c2)=N1. The second-order valence-electron chi connectivity index (χ2n) is 17.9. The van der Waals surface area contributed by atoms with Crippen LogP contribution in [0.25, 0.3) is 27.6 Å². The van der Waals surface area contributed by atoms with Gasteiger partial charge in [0.25, 0.3) is 0 Å². The molecule has 0 saturated heterocycles. The summed E-state index contributed by atoms with van der Waals surface area (Å²) in [7, 11) is 0. The third-order valence-electron chi connectivity index (χ3n) is 11.0. The van der Waals surface area contributed by atoms with Crippen molar-refractivity contribution in [2.24, 2.45) is 4.99 Å². The van der Waals surface area contributed by atoms with E-state index >= 15 is 0 Å². The minimum Gasteiger partial charge on any atom is -0.475 e. The first kappa shape index (κ1) is 30.7. The first-order valence-electron chi connectivity index (χ1n) is 19.9. The van der Waals surface area contributed by atoms with E-state index in [-0.39, 0.29) is 22.9 Å². The van der Waals surface area contributed by atoms with E-state index in [9.17, 15) is 0 Å². The average Bonchev–Trinajstić information content (AvgIpc) is 3.66. The lowest BCUT2D eigenvalue weighted by atomic mass is 9.72. The van der Waals surface area contributed by atoms with E-state index in [2.05, 4.69) is 158 Å². The number of rotatable bonds is 3. The van der Waals surface area contributed by atoms with Gasteiger partial charge >= 0.3 is 0 Å². The van der Waals surface area contributed by atoms with Crippen molar-refractivity contribution in [3.05, 3.63) is 124 Å². The van der Waals surface area contributed by atoms with Crippen molar-refractivity contribution in [1.29, 1.82) is 0 Å². The zero-order valence-electron chi connectivity index (χ0n) is 35.5. The molecular weight excluding hydrogens is 637 g/mol. The Morgan fingerprint density at radius 3 is 2.12 bits per heavy atom. The standard InChI is InChI=1S/C47H52N4O/c1-28-13-15-38-34(19-28)35-25-37-41(26-40(35)51(38)42-24-31(17-18-48-42)44(3,4)5)50(39-16-14-29(2)20-36(39)47(37,11)12)33-22-30(21-32(23-33)45(6,7)8)43-49-46(9,10)27-52-43/h13-26H,27H2,1-12H3/i9D3/t46-/m0/s1. The van der Waals surface area contributed by atoms with Gasteiger partial charge in [0.15, 0.2) is 0 Å². The molecule has 2 aliphatic heterocycles. The number of aliphatic imine (C=N–C) groups is 1. The lowest BCUT2D eigenvalue weighted by molar-refractivity contribution is 0.279. The predicted octanol–water partition coefficient (Wildman–Crippen LogP) is 12.1. The third kappa shape index (κ3) is 5.52. The summed E-state index contributed by atoms with van der Waals surface area (Å²) in [5, 5.41) is 2.38. The maximum Gasteiger partial charge on any atom is 0.216 e. The highest BCUT2D eigenvalue weighted by atomic mass is 16.5. The summed E-state index contributed by atoms with van der Waals surface area (Å²) in [5.41, 5.74) is 11.4. The van der Waals surface area contributed by atoms with Crippen LogP contribution in [0.15, 0.2) is 90.1 Å². The number of fused-ring (bicyclic) bond motifs is 5. The maximum absolute atomic E-state index is 8.21. The lowest BCUT2D eigenvalue weighted by Gasteiger charge is -2.42. The van der Waals surface area contributed by atoms with Gasteiger partial charge in [-0.3, -0.25) is 4.57 Å². The smallest absolute Gasteiger partial charge is 0.216 e. The van der Waals surface area contributed by atoms with Gasteiger partial charge < -0.3 is 9.64 Å². The van der Waals surface area contributed by atoms with Gasteiger partial charge in [-0.2, -0.15) is 0 Å². The number of aromatic nitrogens is 2. The van der Waals surface area contributed by atoms with E-state index in [1.54, 1.807) is 6.92 Å². The minimum atomic E-state index is -2.29. The van der Waals surface area contributed by atoms with E-state index in [0.29, 0.717) is 5.90 Å². The van der Waals surface area contributed by atoms with E-state index in [1.807, 2.05) is 6.20 Å². The molecule has 0 radical (unpaired) electrons. The first-order chi connectivity index (χ1) is 25.6. The molecule has 6 aromatic rings. The Balaban J connectivity index is 1.46. The molecule has 52 heavy (non-hydrogen) atoms. The van der Waals surface area contributed by atoms with Gasteiger partial charge in [-0.15, -0.1) is 0 Å². The topological polar surface area (TPSA) is 42.6 Å². The molecule has 0 amide bonds. The lowest BCUT2D eigenvalue weighted by Crippen LogP contribution is -2.31. The molecule has 2 aromatic heterocycles. The molecule has 0 aliphatic carbocycles. The van der Waals surface area contributed by atoms with Crippen LogP contribution in [0.1, 0.15) is 112 Å². The molecule has 0 N–H and O–H groups in total.